The number of benzene rings is 1. The van der Waals surface area contributed by atoms with Crippen LogP contribution in [-0.4, -0.2) is 18.7 Å². The predicted molar refractivity (Wildman–Crippen MR) is 72.9 cm³/mol. The van der Waals surface area contributed by atoms with Crippen LogP contribution in [-0.2, 0) is 11.2 Å². The molecule has 0 aliphatic heterocycles. The molecule has 0 aliphatic rings. The van der Waals surface area contributed by atoms with E-state index in [4.69, 9.17) is 4.74 Å². The summed E-state index contributed by atoms with van der Waals surface area (Å²) < 4.78 is 5.77. The zero-order valence-electron chi connectivity index (χ0n) is 8.92. The number of hydrogen-bond acceptors (Lipinski definition) is 2. The number of methoxy groups -OCH3 is 1. The molecule has 0 atom stereocenters. The first-order valence-corrected chi connectivity index (χ1v) is 6.09. The van der Waals surface area contributed by atoms with E-state index in [0.717, 1.165) is 22.9 Å². The first-order chi connectivity index (χ1) is 7.74. The van der Waals surface area contributed by atoms with Crippen molar-refractivity contribution >= 4 is 33.5 Å². The number of aromatic amines is 1. The Morgan fingerprint density at radius 2 is 2.25 bits per heavy atom. The predicted octanol–water partition coefficient (Wildman–Crippen LogP) is 2.32. The van der Waals surface area contributed by atoms with Crippen molar-refractivity contribution in [1.29, 1.82) is 0 Å². The summed E-state index contributed by atoms with van der Waals surface area (Å²) in [6, 6.07) is 5.79. The van der Waals surface area contributed by atoms with Crippen LogP contribution in [0.4, 0.5) is 0 Å². The molecule has 1 aromatic carbocycles. The Morgan fingerprint density at radius 3 is 3.00 bits per heavy atom. The van der Waals surface area contributed by atoms with Crippen LogP contribution in [0.5, 0.6) is 0 Å². The van der Waals surface area contributed by atoms with Gasteiger partial charge >= 0.3 is 0 Å². The summed E-state index contributed by atoms with van der Waals surface area (Å²) in [6.45, 7) is 0.660. The highest BCUT2D eigenvalue weighted by atomic mass is 127. The topological polar surface area (TPSA) is 42.1 Å². The van der Waals surface area contributed by atoms with Gasteiger partial charge < -0.3 is 9.72 Å². The average Bonchev–Trinajstić information content (AvgIpc) is 2.31. The summed E-state index contributed by atoms with van der Waals surface area (Å²) in [5, 5.41) is 0.750. The Morgan fingerprint density at radius 1 is 1.44 bits per heavy atom. The third-order valence-corrected chi connectivity index (χ3v) is 3.33. The maximum absolute atomic E-state index is 11.9. The van der Waals surface area contributed by atoms with Crippen LogP contribution in [0.15, 0.2) is 29.2 Å². The lowest BCUT2D eigenvalue weighted by Gasteiger charge is -2.05. The molecule has 1 heterocycles. The Bertz CT molecular complexity index is 562. The van der Waals surface area contributed by atoms with Crippen LogP contribution in [0, 0.1) is 3.57 Å². The molecule has 0 spiro atoms. The minimum absolute atomic E-state index is 0.0913. The van der Waals surface area contributed by atoms with Gasteiger partial charge in [-0.1, -0.05) is 12.1 Å². The molecular weight excluding hydrogens is 317 g/mol. The van der Waals surface area contributed by atoms with Gasteiger partial charge in [0.15, 0.2) is 0 Å². The SMILES string of the molecule is COCCc1cccc2c(=O)c(I)c[nH]c12. The largest absolute Gasteiger partial charge is 0.384 e. The van der Waals surface area contributed by atoms with Crippen LogP contribution < -0.4 is 5.43 Å². The van der Waals surface area contributed by atoms with Crippen LogP contribution in [0.25, 0.3) is 10.9 Å². The van der Waals surface area contributed by atoms with E-state index in [1.807, 2.05) is 40.8 Å². The molecule has 0 saturated heterocycles. The van der Waals surface area contributed by atoms with Crippen LogP contribution in [0.3, 0.4) is 0 Å². The molecule has 0 amide bonds. The highest BCUT2D eigenvalue weighted by molar-refractivity contribution is 14.1. The smallest absolute Gasteiger partial charge is 0.202 e. The van der Waals surface area contributed by atoms with E-state index >= 15 is 0 Å². The number of fused-ring (bicyclic) bond motifs is 1. The lowest BCUT2D eigenvalue weighted by molar-refractivity contribution is 0.202. The molecule has 2 rings (SSSR count). The molecule has 0 radical (unpaired) electrons. The van der Waals surface area contributed by atoms with Crippen LogP contribution in [0.2, 0.25) is 0 Å². The third kappa shape index (κ3) is 2.12. The lowest BCUT2D eigenvalue weighted by Crippen LogP contribution is -2.08. The number of rotatable bonds is 3. The van der Waals surface area contributed by atoms with Crippen molar-refractivity contribution in [3.8, 4) is 0 Å². The maximum Gasteiger partial charge on any atom is 0.202 e. The van der Waals surface area contributed by atoms with Crippen molar-refractivity contribution in [2.45, 2.75) is 6.42 Å². The molecule has 4 heteroatoms. The van der Waals surface area contributed by atoms with Gasteiger partial charge in [0.2, 0.25) is 5.43 Å². The van der Waals surface area contributed by atoms with Gasteiger partial charge in [-0.05, 0) is 40.6 Å². The summed E-state index contributed by atoms with van der Waals surface area (Å²) in [7, 11) is 1.68. The Labute approximate surface area is 107 Å². The van der Waals surface area contributed by atoms with Gasteiger partial charge in [-0.2, -0.15) is 0 Å². The lowest BCUT2D eigenvalue weighted by atomic mass is 10.1. The number of para-hydroxylation sites is 1. The number of H-pyrrole nitrogens is 1. The molecule has 0 bridgehead atoms. The Hall–Kier alpha value is -0.880. The minimum Gasteiger partial charge on any atom is -0.384 e. The van der Waals surface area contributed by atoms with Crippen LogP contribution >= 0.6 is 22.6 Å². The summed E-state index contributed by atoms with van der Waals surface area (Å²) in [4.78, 5) is 15.1. The molecule has 1 N–H and O–H groups in total. The van der Waals surface area contributed by atoms with E-state index in [0.29, 0.717) is 10.2 Å². The molecule has 16 heavy (non-hydrogen) atoms. The fraction of sp³-hybridized carbons (Fsp3) is 0.250. The molecule has 0 unspecified atom stereocenters. The summed E-state index contributed by atoms with van der Waals surface area (Å²) in [6.07, 6.45) is 2.56. The van der Waals surface area contributed by atoms with Gasteiger partial charge in [-0.25, -0.2) is 0 Å². The van der Waals surface area contributed by atoms with Crippen molar-refractivity contribution in [3.05, 3.63) is 43.8 Å². The van der Waals surface area contributed by atoms with E-state index < -0.39 is 0 Å². The number of hydrogen-bond donors (Lipinski definition) is 1. The summed E-state index contributed by atoms with van der Waals surface area (Å²) in [5.41, 5.74) is 2.13. The van der Waals surface area contributed by atoms with Gasteiger partial charge in [-0.3, -0.25) is 4.79 Å². The quantitative estimate of drug-likeness (QED) is 0.878. The van der Waals surface area contributed by atoms with Crippen molar-refractivity contribution in [2.24, 2.45) is 0 Å². The van der Waals surface area contributed by atoms with E-state index in [2.05, 4.69) is 4.98 Å². The first kappa shape index (κ1) is 11.6. The summed E-state index contributed by atoms with van der Waals surface area (Å²) in [5.74, 6) is 0. The maximum atomic E-state index is 11.9. The zero-order valence-corrected chi connectivity index (χ0v) is 11.1. The normalized spacial score (nSPS) is 10.9. The third-order valence-electron chi connectivity index (χ3n) is 2.53. The fourth-order valence-corrected chi connectivity index (χ4v) is 2.16. The first-order valence-electron chi connectivity index (χ1n) is 5.01. The summed E-state index contributed by atoms with van der Waals surface area (Å²) >= 11 is 2.04. The zero-order chi connectivity index (χ0) is 11.5. The number of nitrogens with one attached hydrogen (secondary N) is 1. The number of halogens is 1. The molecule has 0 saturated carbocycles. The highest BCUT2D eigenvalue weighted by Crippen LogP contribution is 2.15. The van der Waals surface area contributed by atoms with E-state index in [1.165, 1.54) is 0 Å². The monoisotopic (exact) mass is 329 g/mol. The van der Waals surface area contributed by atoms with Crippen LogP contribution in [0.1, 0.15) is 5.56 Å². The van der Waals surface area contributed by atoms with E-state index in [1.54, 1.807) is 13.3 Å². The van der Waals surface area contributed by atoms with Gasteiger partial charge in [-0.15, -0.1) is 0 Å². The second-order valence-electron chi connectivity index (χ2n) is 3.55. The van der Waals surface area contributed by atoms with Gasteiger partial charge in [0, 0.05) is 18.7 Å². The molecule has 0 aliphatic carbocycles. The Kier molecular flexibility index (Phi) is 3.60. The van der Waals surface area contributed by atoms with Gasteiger partial charge in [0.1, 0.15) is 0 Å². The molecular formula is C12H12INO2. The van der Waals surface area contributed by atoms with Crippen molar-refractivity contribution in [3.63, 3.8) is 0 Å². The number of ether oxygens (including phenoxy) is 1. The van der Waals surface area contributed by atoms with Crippen molar-refractivity contribution in [1.82, 2.24) is 4.98 Å². The number of aromatic nitrogens is 1. The highest BCUT2D eigenvalue weighted by Gasteiger charge is 2.05. The fourth-order valence-electron chi connectivity index (χ4n) is 1.71. The van der Waals surface area contributed by atoms with Crippen molar-refractivity contribution < 1.29 is 4.74 Å². The van der Waals surface area contributed by atoms with E-state index in [9.17, 15) is 4.79 Å². The molecule has 3 nitrogen and oxygen atoms in total. The number of pyridine rings is 1. The van der Waals surface area contributed by atoms with Crippen molar-refractivity contribution in [2.75, 3.05) is 13.7 Å². The van der Waals surface area contributed by atoms with Gasteiger partial charge in [0.05, 0.1) is 15.7 Å². The molecule has 0 fully saturated rings. The van der Waals surface area contributed by atoms with Gasteiger partial charge in [0.25, 0.3) is 0 Å². The molecule has 84 valence electrons. The standard InChI is InChI=1S/C12H12INO2/c1-16-6-5-8-3-2-4-9-11(8)14-7-10(13)12(9)15/h2-4,7H,5-6H2,1H3,(H,14,15). The second kappa shape index (κ2) is 4.97. The molecule has 1 aromatic heterocycles. The minimum atomic E-state index is 0.0913. The second-order valence-corrected chi connectivity index (χ2v) is 4.71. The van der Waals surface area contributed by atoms with E-state index in [-0.39, 0.29) is 5.43 Å². The average molecular weight is 329 g/mol. The Balaban J connectivity index is 2.60. The molecule has 2 aromatic rings.